The van der Waals surface area contributed by atoms with E-state index in [9.17, 15) is 18.8 Å². The summed E-state index contributed by atoms with van der Waals surface area (Å²) in [6.45, 7) is 5.09. The molecule has 0 aliphatic rings. The number of rotatable bonds is 7. The average Bonchev–Trinajstić information content (AvgIpc) is 2.66. The molecule has 1 unspecified atom stereocenters. The van der Waals surface area contributed by atoms with Crippen molar-refractivity contribution in [2.24, 2.45) is 5.92 Å². The molecule has 0 fully saturated rings. The standard InChI is InChI=1S/C21H23BrFN3O3/c1-12(2)19(26-20(28)15-6-4-5-7-16(15)23)21(29)24-11-18(27)25-17-9-8-14(22)10-13(17)3/h4-10,12,19H,11H2,1-3H3,(H,24,29)(H,25,27)(H,26,28). The fourth-order valence-corrected chi connectivity index (χ4v) is 3.11. The van der Waals surface area contributed by atoms with Crippen LogP contribution in [0.15, 0.2) is 46.9 Å². The van der Waals surface area contributed by atoms with Gasteiger partial charge in [-0.2, -0.15) is 0 Å². The molecule has 6 nitrogen and oxygen atoms in total. The molecule has 0 aliphatic carbocycles. The Morgan fingerprint density at radius 2 is 1.79 bits per heavy atom. The van der Waals surface area contributed by atoms with Crippen LogP contribution >= 0.6 is 15.9 Å². The molecule has 8 heteroatoms. The van der Waals surface area contributed by atoms with E-state index in [0.717, 1.165) is 10.0 Å². The molecule has 0 saturated carbocycles. The molecular weight excluding hydrogens is 441 g/mol. The van der Waals surface area contributed by atoms with Crippen molar-refractivity contribution >= 4 is 39.3 Å². The Labute approximate surface area is 177 Å². The minimum Gasteiger partial charge on any atom is -0.345 e. The predicted molar refractivity (Wildman–Crippen MR) is 113 cm³/mol. The molecular formula is C21H23BrFN3O3. The van der Waals surface area contributed by atoms with E-state index >= 15 is 0 Å². The molecule has 0 heterocycles. The quantitative estimate of drug-likeness (QED) is 0.587. The number of amides is 3. The Balaban J connectivity index is 1.96. The number of aryl methyl sites for hydroxylation is 1. The third kappa shape index (κ3) is 6.39. The smallest absolute Gasteiger partial charge is 0.254 e. The first-order valence-electron chi connectivity index (χ1n) is 9.08. The van der Waals surface area contributed by atoms with Crippen LogP contribution in [0.2, 0.25) is 0 Å². The fraction of sp³-hybridized carbons (Fsp3) is 0.286. The van der Waals surface area contributed by atoms with Crippen molar-refractivity contribution in [3.05, 3.63) is 63.9 Å². The predicted octanol–water partition coefficient (Wildman–Crippen LogP) is 3.41. The van der Waals surface area contributed by atoms with Gasteiger partial charge in [0.2, 0.25) is 11.8 Å². The Morgan fingerprint density at radius 1 is 1.10 bits per heavy atom. The highest BCUT2D eigenvalue weighted by atomic mass is 79.9. The maximum atomic E-state index is 13.8. The van der Waals surface area contributed by atoms with E-state index in [1.165, 1.54) is 24.3 Å². The van der Waals surface area contributed by atoms with E-state index in [1.807, 2.05) is 13.0 Å². The summed E-state index contributed by atoms with van der Waals surface area (Å²) >= 11 is 3.35. The number of benzene rings is 2. The summed E-state index contributed by atoms with van der Waals surface area (Å²) in [6, 6.07) is 10.0. The van der Waals surface area contributed by atoms with Gasteiger partial charge in [-0.25, -0.2) is 4.39 Å². The van der Waals surface area contributed by atoms with Gasteiger partial charge in [0.15, 0.2) is 0 Å². The molecule has 0 radical (unpaired) electrons. The lowest BCUT2D eigenvalue weighted by Crippen LogP contribution is -2.51. The molecule has 3 amide bonds. The van der Waals surface area contributed by atoms with E-state index in [4.69, 9.17) is 0 Å². The van der Waals surface area contributed by atoms with Crippen LogP contribution in [0, 0.1) is 18.7 Å². The van der Waals surface area contributed by atoms with Gasteiger partial charge in [0, 0.05) is 10.2 Å². The molecule has 1 atom stereocenters. The summed E-state index contributed by atoms with van der Waals surface area (Å²) in [6.07, 6.45) is 0. The van der Waals surface area contributed by atoms with Gasteiger partial charge >= 0.3 is 0 Å². The number of halogens is 2. The maximum absolute atomic E-state index is 13.8. The molecule has 0 aliphatic heterocycles. The molecule has 0 bridgehead atoms. The summed E-state index contributed by atoms with van der Waals surface area (Å²) in [4.78, 5) is 37.0. The lowest BCUT2D eigenvalue weighted by Gasteiger charge is -2.22. The van der Waals surface area contributed by atoms with Gasteiger partial charge in [-0.15, -0.1) is 0 Å². The lowest BCUT2D eigenvalue weighted by molar-refractivity contribution is -0.126. The molecule has 0 saturated heterocycles. The van der Waals surface area contributed by atoms with Crippen LogP contribution in [0.1, 0.15) is 29.8 Å². The number of nitrogens with one attached hydrogen (secondary N) is 3. The highest BCUT2D eigenvalue weighted by Crippen LogP contribution is 2.19. The number of hydrogen-bond acceptors (Lipinski definition) is 3. The largest absolute Gasteiger partial charge is 0.345 e. The number of hydrogen-bond donors (Lipinski definition) is 3. The van der Waals surface area contributed by atoms with Crippen molar-refractivity contribution in [3.8, 4) is 0 Å². The van der Waals surface area contributed by atoms with Crippen LogP contribution in [-0.4, -0.2) is 30.3 Å². The molecule has 0 aromatic heterocycles. The second kappa shape index (κ2) is 10.2. The second-order valence-electron chi connectivity index (χ2n) is 6.90. The van der Waals surface area contributed by atoms with Gasteiger partial charge in [-0.3, -0.25) is 14.4 Å². The SMILES string of the molecule is Cc1cc(Br)ccc1NC(=O)CNC(=O)C(NC(=O)c1ccccc1F)C(C)C. The minimum absolute atomic E-state index is 0.144. The summed E-state index contributed by atoms with van der Waals surface area (Å²) < 4.78 is 14.7. The zero-order chi connectivity index (χ0) is 21.6. The van der Waals surface area contributed by atoms with Crippen LogP contribution in [0.5, 0.6) is 0 Å². The summed E-state index contributed by atoms with van der Waals surface area (Å²) in [5, 5.41) is 7.78. The average molecular weight is 464 g/mol. The highest BCUT2D eigenvalue weighted by Gasteiger charge is 2.26. The van der Waals surface area contributed by atoms with E-state index < -0.39 is 29.6 Å². The first-order valence-corrected chi connectivity index (χ1v) is 9.87. The van der Waals surface area contributed by atoms with Crippen molar-refractivity contribution < 1.29 is 18.8 Å². The molecule has 2 aromatic rings. The molecule has 154 valence electrons. The van der Waals surface area contributed by atoms with E-state index in [-0.39, 0.29) is 18.0 Å². The van der Waals surface area contributed by atoms with Gasteiger partial charge in [-0.05, 0) is 48.7 Å². The van der Waals surface area contributed by atoms with E-state index in [1.54, 1.807) is 26.0 Å². The van der Waals surface area contributed by atoms with Crippen LogP contribution in [0.4, 0.5) is 10.1 Å². The summed E-state index contributed by atoms with van der Waals surface area (Å²) in [5.41, 5.74) is 1.37. The Morgan fingerprint density at radius 3 is 2.41 bits per heavy atom. The molecule has 29 heavy (non-hydrogen) atoms. The minimum atomic E-state index is -0.913. The molecule has 2 aromatic carbocycles. The Kier molecular flexibility index (Phi) is 7.90. The van der Waals surface area contributed by atoms with Crippen LogP contribution in [0.25, 0.3) is 0 Å². The van der Waals surface area contributed by atoms with E-state index in [0.29, 0.717) is 5.69 Å². The summed E-state index contributed by atoms with van der Waals surface area (Å²) in [7, 11) is 0. The second-order valence-corrected chi connectivity index (χ2v) is 7.82. The van der Waals surface area contributed by atoms with Crippen molar-refractivity contribution in [2.75, 3.05) is 11.9 Å². The Bertz CT molecular complexity index is 918. The topological polar surface area (TPSA) is 87.3 Å². The van der Waals surface area contributed by atoms with Gasteiger partial charge in [0.05, 0.1) is 12.1 Å². The zero-order valence-corrected chi connectivity index (χ0v) is 18.0. The van der Waals surface area contributed by atoms with Crippen molar-refractivity contribution in [3.63, 3.8) is 0 Å². The molecule has 2 rings (SSSR count). The van der Waals surface area contributed by atoms with Gasteiger partial charge in [0.1, 0.15) is 11.9 Å². The van der Waals surface area contributed by atoms with E-state index in [2.05, 4.69) is 31.9 Å². The first-order chi connectivity index (χ1) is 13.7. The third-order valence-corrected chi connectivity index (χ3v) is 4.73. The number of carbonyl (C=O) groups is 3. The molecule has 3 N–H and O–H groups in total. The van der Waals surface area contributed by atoms with Crippen molar-refractivity contribution in [1.82, 2.24) is 10.6 Å². The first kappa shape index (κ1) is 22.5. The maximum Gasteiger partial charge on any atom is 0.254 e. The highest BCUT2D eigenvalue weighted by molar-refractivity contribution is 9.10. The summed E-state index contributed by atoms with van der Waals surface area (Å²) in [5.74, 6) is -2.54. The Hall–Kier alpha value is -2.74. The lowest BCUT2D eigenvalue weighted by atomic mass is 10.0. The fourth-order valence-electron chi connectivity index (χ4n) is 2.64. The van der Waals surface area contributed by atoms with Crippen LogP contribution in [-0.2, 0) is 9.59 Å². The van der Waals surface area contributed by atoms with Gasteiger partial charge < -0.3 is 16.0 Å². The third-order valence-electron chi connectivity index (χ3n) is 4.24. The van der Waals surface area contributed by atoms with Crippen LogP contribution < -0.4 is 16.0 Å². The normalized spacial score (nSPS) is 11.7. The number of anilines is 1. The van der Waals surface area contributed by atoms with Crippen molar-refractivity contribution in [1.29, 1.82) is 0 Å². The van der Waals surface area contributed by atoms with Crippen molar-refractivity contribution in [2.45, 2.75) is 26.8 Å². The zero-order valence-electron chi connectivity index (χ0n) is 16.4. The monoisotopic (exact) mass is 463 g/mol. The number of carbonyl (C=O) groups excluding carboxylic acids is 3. The molecule has 0 spiro atoms. The van der Waals surface area contributed by atoms with Gasteiger partial charge in [0.25, 0.3) is 5.91 Å². The van der Waals surface area contributed by atoms with Crippen LogP contribution in [0.3, 0.4) is 0 Å². The van der Waals surface area contributed by atoms with Gasteiger partial charge in [-0.1, -0.05) is 41.9 Å².